The number of carbonyl (C=O) groups excluding carboxylic acids is 1. The van der Waals surface area contributed by atoms with Gasteiger partial charge in [0.25, 0.3) is 10.0 Å². The van der Waals surface area contributed by atoms with Crippen LogP contribution in [-0.4, -0.2) is 25.9 Å². The normalized spacial score (nSPS) is 11.9. The van der Waals surface area contributed by atoms with Gasteiger partial charge in [-0.1, -0.05) is 29.8 Å². The second-order valence-corrected chi connectivity index (χ2v) is 8.11. The van der Waals surface area contributed by atoms with E-state index >= 15 is 0 Å². The van der Waals surface area contributed by atoms with Crippen LogP contribution >= 0.6 is 11.6 Å². The average molecular weight is 466 g/mol. The summed E-state index contributed by atoms with van der Waals surface area (Å²) < 4.78 is 62.3. The van der Waals surface area contributed by atoms with Crippen LogP contribution < -0.4 is 21.3 Å². The number of nitrogens with two attached hydrogens (primary N) is 1. The molecule has 1 aromatic carbocycles. The molecule has 0 saturated heterocycles. The highest BCUT2D eigenvalue weighted by molar-refractivity contribution is 7.89. The van der Waals surface area contributed by atoms with Crippen molar-refractivity contribution in [3.63, 3.8) is 0 Å². The quantitative estimate of drug-likeness (QED) is 0.333. The van der Waals surface area contributed by atoms with Gasteiger partial charge < -0.3 is 11.1 Å². The van der Waals surface area contributed by atoms with E-state index < -0.39 is 27.7 Å². The van der Waals surface area contributed by atoms with Crippen LogP contribution in [0.3, 0.4) is 0 Å². The van der Waals surface area contributed by atoms with Crippen molar-refractivity contribution < 1.29 is 26.4 Å². The minimum absolute atomic E-state index is 0.0112. The highest BCUT2D eigenvalue weighted by Gasteiger charge is 2.31. The van der Waals surface area contributed by atoms with Gasteiger partial charge in [-0.15, -0.1) is 4.83 Å². The Morgan fingerprint density at radius 2 is 1.93 bits per heavy atom. The summed E-state index contributed by atoms with van der Waals surface area (Å²) in [4.78, 5) is 17.4. The van der Waals surface area contributed by atoms with Crippen LogP contribution in [0.5, 0.6) is 0 Å². The fourth-order valence-corrected chi connectivity index (χ4v) is 3.70. The molecular weight excluding hydrogens is 447 g/mol. The molecule has 0 aliphatic rings. The number of nitrogens with zero attached hydrogens (tertiary/aromatic N) is 1. The van der Waals surface area contributed by atoms with Gasteiger partial charge in [0.15, 0.2) is 0 Å². The molecule has 1 heterocycles. The van der Waals surface area contributed by atoms with Gasteiger partial charge in [0.1, 0.15) is 5.82 Å². The molecule has 164 valence electrons. The van der Waals surface area contributed by atoms with E-state index in [0.29, 0.717) is 11.8 Å². The first kappa shape index (κ1) is 23.9. The van der Waals surface area contributed by atoms with Gasteiger partial charge in [-0.05, 0) is 24.1 Å². The number of rotatable bonds is 9. The second kappa shape index (κ2) is 10.1. The van der Waals surface area contributed by atoms with Gasteiger partial charge >= 0.3 is 6.18 Å². The van der Waals surface area contributed by atoms with E-state index in [1.54, 1.807) is 12.1 Å². The van der Waals surface area contributed by atoms with E-state index in [1.807, 2.05) is 4.83 Å². The van der Waals surface area contributed by atoms with Crippen molar-refractivity contribution in [2.45, 2.75) is 30.5 Å². The number of nitrogens with one attached hydrogen (secondary N) is 3. The van der Waals surface area contributed by atoms with Crippen LogP contribution in [0.25, 0.3) is 0 Å². The summed E-state index contributed by atoms with van der Waals surface area (Å²) in [5.74, 6) is -0.554. The molecule has 0 unspecified atom stereocenters. The molecule has 30 heavy (non-hydrogen) atoms. The topological polar surface area (TPSA) is 126 Å². The zero-order valence-corrected chi connectivity index (χ0v) is 17.0. The lowest BCUT2D eigenvalue weighted by atomic mass is 10.2. The van der Waals surface area contributed by atoms with Gasteiger partial charge in [-0.25, -0.2) is 13.4 Å². The third kappa shape index (κ3) is 6.55. The molecule has 1 amide bonds. The molecule has 13 heteroatoms. The van der Waals surface area contributed by atoms with Gasteiger partial charge in [-0.3, -0.25) is 10.2 Å². The maximum absolute atomic E-state index is 12.6. The van der Waals surface area contributed by atoms with Crippen molar-refractivity contribution in [2.75, 3.05) is 11.9 Å². The number of halogens is 4. The molecule has 0 radical (unpaired) electrons. The number of anilines is 1. The number of hydrogen-bond donors (Lipinski definition) is 4. The Bertz CT molecular complexity index is 1000. The van der Waals surface area contributed by atoms with Crippen LogP contribution in [0.4, 0.5) is 19.0 Å². The lowest BCUT2D eigenvalue weighted by molar-refractivity contribution is -0.137. The first-order valence-electron chi connectivity index (χ1n) is 8.60. The third-order valence-electron chi connectivity index (χ3n) is 3.85. The predicted octanol–water partition coefficient (Wildman–Crippen LogP) is 2.41. The van der Waals surface area contributed by atoms with E-state index in [2.05, 4.69) is 15.7 Å². The van der Waals surface area contributed by atoms with Crippen molar-refractivity contribution in [3.05, 3.63) is 52.7 Å². The molecule has 8 nitrogen and oxygen atoms in total. The standard InChI is InChI=1S/C17H19ClF3N5O3S/c18-13-8-12(17(19,20)21)10-24-16(13)23-7-3-6-15(27)25-26-30(28,29)14-5-2-1-4-11(14)9-22/h1-2,4-5,8,10,26H,3,6-7,9,22H2,(H,23,24)(H,25,27). The lowest BCUT2D eigenvalue weighted by Gasteiger charge is -2.12. The van der Waals surface area contributed by atoms with Crippen LogP contribution in [0.1, 0.15) is 24.0 Å². The Balaban J connectivity index is 1.80. The smallest absolute Gasteiger partial charge is 0.369 e. The van der Waals surface area contributed by atoms with E-state index in [9.17, 15) is 26.4 Å². The number of hydrazine groups is 1. The summed E-state index contributed by atoms with van der Waals surface area (Å²) in [5, 5.41) is 2.51. The zero-order valence-electron chi connectivity index (χ0n) is 15.5. The molecule has 2 aromatic rings. The molecule has 0 spiro atoms. The minimum atomic E-state index is -4.55. The number of carbonyl (C=O) groups is 1. The van der Waals surface area contributed by atoms with Crippen molar-refractivity contribution in [1.29, 1.82) is 0 Å². The molecule has 1 aromatic heterocycles. The van der Waals surface area contributed by atoms with E-state index in [1.165, 1.54) is 12.1 Å². The molecule has 0 bridgehead atoms. The largest absolute Gasteiger partial charge is 0.417 e. The van der Waals surface area contributed by atoms with Crippen LogP contribution in [0.2, 0.25) is 5.02 Å². The minimum Gasteiger partial charge on any atom is -0.369 e. The van der Waals surface area contributed by atoms with Crippen molar-refractivity contribution in [1.82, 2.24) is 15.2 Å². The van der Waals surface area contributed by atoms with Gasteiger partial charge in [0, 0.05) is 25.7 Å². The summed E-state index contributed by atoms with van der Waals surface area (Å²) >= 11 is 5.77. The molecule has 0 fully saturated rings. The van der Waals surface area contributed by atoms with Crippen LogP contribution in [0, 0.1) is 0 Å². The molecule has 2 rings (SSSR count). The average Bonchev–Trinajstić information content (AvgIpc) is 2.69. The summed E-state index contributed by atoms with van der Waals surface area (Å²) in [6.45, 7) is 0.186. The highest BCUT2D eigenvalue weighted by atomic mass is 35.5. The molecule has 0 saturated carbocycles. The molecule has 5 N–H and O–H groups in total. The second-order valence-electron chi connectivity index (χ2n) is 6.05. The number of amides is 1. The van der Waals surface area contributed by atoms with Gasteiger partial charge in [-0.2, -0.15) is 13.2 Å². The highest BCUT2D eigenvalue weighted by Crippen LogP contribution is 2.32. The number of sulfonamides is 1. The van der Waals surface area contributed by atoms with Crippen molar-refractivity contribution >= 4 is 33.3 Å². The number of alkyl halides is 3. The summed E-state index contributed by atoms with van der Waals surface area (Å²) in [6.07, 6.45) is -3.72. The van der Waals surface area contributed by atoms with Crippen molar-refractivity contribution in [3.8, 4) is 0 Å². The first-order chi connectivity index (χ1) is 14.0. The number of hydrogen-bond acceptors (Lipinski definition) is 6. The molecule has 0 aliphatic heterocycles. The van der Waals surface area contributed by atoms with Crippen molar-refractivity contribution in [2.24, 2.45) is 5.73 Å². The van der Waals surface area contributed by atoms with E-state index in [0.717, 1.165) is 6.07 Å². The van der Waals surface area contributed by atoms with Crippen LogP contribution in [0.15, 0.2) is 41.4 Å². The number of aromatic nitrogens is 1. The Kier molecular flexibility index (Phi) is 8.01. The van der Waals surface area contributed by atoms with Gasteiger partial charge in [0.2, 0.25) is 5.91 Å². The fraction of sp³-hybridized carbons (Fsp3) is 0.294. The molecule has 0 atom stereocenters. The van der Waals surface area contributed by atoms with Gasteiger partial charge in [0.05, 0.1) is 15.5 Å². The summed E-state index contributed by atoms with van der Waals surface area (Å²) in [7, 11) is -3.99. The summed E-state index contributed by atoms with van der Waals surface area (Å²) in [5.41, 5.74) is 7.03. The third-order valence-corrected chi connectivity index (χ3v) is 5.48. The van der Waals surface area contributed by atoms with E-state index in [-0.39, 0.29) is 41.7 Å². The zero-order chi connectivity index (χ0) is 22.4. The maximum atomic E-state index is 12.6. The summed E-state index contributed by atoms with van der Waals surface area (Å²) in [6, 6.07) is 6.84. The fourth-order valence-electron chi connectivity index (χ4n) is 2.35. The van der Waals surface area contributed by atoms with Crippen LogP contribution in [-0.2, 0) is 27.5 Å². The monoisotopic (exact) mass is 465 g/mol. The first-order valence-corrected chi connectivity index (χ1v) is 10.5. The Morgan fingerprint density at radius 1 is 1.23 bits per heavy atom. The predicted molar refractivity (Wildman–Crippen MR) is 105 cm³/mol. The molecular formula is C17H19ClF3N5O3S. The lowest BCUT2D eigenvalue weighted by Crippen LogP contribution is -2.41. The Morgan fingerprint density at radius 3 is 2.57 bits per heavy atom. The molecule has 0 aliphatic carbocycles. The number of benzene rings is 1. The maximum Gasteiger partial charge on any atom is 0.417 e. The SMILES string of the molecule is NCc1ccccc1S(=O)(=O)NNC(=O)CCCNc1ncc(C(F)(F)F)cc1Cl. The Labute approximate surface area is 176 Å². The number of pyridine rings is 1. The van der Waals surface area contributed by atoms with E-state index in [4.69, 9.17) is 17.3 Å². The Hall–Kier alpha value is -2.41.